The summed E-state index contributed by atoms with van der Waals surface area (Å²) in [6, 6.07) is 4.01. The second-order valence-electron chi connectivity index (χ2n) is 12.8. The molecule has 0 atom stereocenters. The van der Waals surface area contributed by atoms with Gasteiger partial charge in [-0.25, -0.2) is 14.4 Å². The monoisotopic (exact) mass is 642 g/mol. The molecule has 0 aliphatic heterocycles. The lowest BCUT2D eigenvalue weighted by Gasteiger charge is -2.10. The van der Waals surface area contributed by atoms with Crippen LogP contribution in [0.5, 0.6) is 0 Å². The lowest BCUT2D eigenvalue weighted by Crippen LogP contribution is -2.15. The average molecular weight is 643 g/mol. The summed E-state index contributed by atoms with van der Waals surface area (Å²) in [6.45, 7) is 5.05. The summed E-state index contributed by atoms with van der Waals surface area (Å²) >= 11 is 0. The number of ether oxygens (including phenoxy) is 2. The molecular weight excluding hydrogens is 576 g/mol. The first kappa shape index (κ1) is 41.4. The third kappa shape index (κ3) is 22.0. The molecule has 1 rings (SSSR count). The van der Waals surface area contributed by atoms with Gasteiger partial charge in [0.1, 0.15) is 0 Å². The Morgan fingerprint density at radius 2 is 0.913 bits per heavy atom. The second-order valence-corrected chi connectivity index (χ2v) is 12.8. The highest BCUT2D eigenvalue weighted by molar-refractivity contribution is 6.04. The van der Waals surface area contributed by atoms with Crippen LogP contribution in [0.3, 0.4) is 0 Å². The van der Waals surface area contributed by atoms with Gasteiger partial charge in [0.2, 0.25) is 0 Å². The summed E-state index contributed by atoms with van der Waals surface area (Å²) in [5, 5.41) is 9.67. The van der Waals surface area contributed by atoms with Crippen LogP contribution in [0.15, 0.2) is 30.4 Å². The number of allylic oxidation sites excluding steroid dienone is 2. The van der Waals surface area contributed by atoms with Gasteiger partial charge in [-0.2, -0.15) is 0 Å². The molecule has 0 aliphatic carbocycles. The van der Waals surface area contributed by atoms with Crippen molar-refractivity contribution in [1.82, 2.24) is 0 Å². The van der Waals surface area contributed by atoms with E-state index in [0.717, 1.165) is 44.9 Å². The Bertz CT molecular complexity index is 953. The summed E-state index contributed by atoms with van der Waals surface area (Å²) in [7, 11) is 0. The normalized spacial score (nSPS) is 11.3. The number of carbonyl (C=O) groups is 3. The zero-order valence-corrected chi connectivity index (χ0v) is 29.5. The quantitative estimate of drug-likeness (QED) is 0.0492. The van der Waals surface area contributed by atoms with Crippen molar-refractivity contribution in [1.29, 1.82) is 0 Å². The first-order valence-corrected chi connectivity index (χ1v) is 18.9. The van der Waals surface area contributed by atoms with E-state index < -0.39 is 17.9 Å². The number of hydrogen-bond donors (Lipinski definition) is 1. The molecule has 0 amide bonds. The van der Waals surface area contributed by atoms with Crippen LogP contribution in [-0.4, -0.2) is 36.2 Å². The summed E-state index contributed by atoms with van der Waals surface area (Å²) in [5.74, 6) is -2.52. The molecule has 1 aromatic rings. The number of benzene rings is 1. The van der Waals surface area contributed by atoms with Crippen molar-refractivity contribution in [2.45, 2.75) is 174 Å². The molecule has 0 spiro atoms. The van der Waals surface area contributed by atoms with Gasteiger partial charge < -0.3 is 14.6 Å². The highest BCUT2D eigenvalue weighted by Crippen LogP contribution is 2.17. The van der Waals surface area contributed by atoms with Crippen LogP contribution in [-0.2, 0) is 9.47 Å². The summed E-state index contributed by atoms with van der Waals surface area (Å²) < 4.78 is 10.7. The smallest absolute Gasteiger partial charge is 0.339 e. The maximum atomic E-state index is 12.6. The van der Waals surface area contributed by atoms with Gasteiger partial charge >= 0.3 is 17.9 Å². The minimum Gasteiger partial charge on any atom is -0.478 e. The van der Waals surface area contributed by atoms with Crippen molar-refractivity contribution in [3.63, 3.8) is 0 Å². The summed E-state index contributed by atoms with van der Waals surface area (Å²) in [5.41, 5.74) is -0.153. The number of esters is 2. The molecule has 1 N–H and O–H groups in total. The Labute approximate surface area is 281 Å². The number of carbonyl (C=O) groups excluding carboxylic acids is 2. The molecule has 0 fully saturated rings. The van der Waals surface area contributed by atoms with E-state index in [4.69, 9.17) is 9.47 Å². The highest BCUT2D eigenvalue weighted by atomic mass is 16.5. The molecule has 6 nitrogen and oxygen atoms in total. The van der Waals surface area contributed by atoms with E-state index >= 15 is 0 Å². The van der Waals surface area contributed by atoms with E-state index in [9.17, 15) is 19.5 Å². The molecule has 0 radical (unpaired) electrons. The van der Waals surface area contributed by atoms with Gasteiger partial charge in [0, 0.05) is 0 Å². The minimum atomic E-state index is -1.27. The van der Waals surface area contributed by atoms with Crippen molar-refractivity contribution in [2.75, 3.05) is 13.2 Å². The summed E-state index contributed by atoms with van der Waals surface area (Å²) in [6.07, 6.45) is 34.8. The van der Waals surface area contributed by atoms with Crippen molar-refractivity contribution < 1.29 is 29.0 Å². The van der Waals surface area contributed by atoms with Crippen molar-refractivity contribution in [3.8, 4) is 0 Å². The van der Waals surface area contributed by atoms with E-state index in [-0.39, 0.29) is 23.3 Å². The third-order valence-corrected chi connectivity index (χ3v) is 8.58. The van der Waals surface area contributed by atoms with E-state index in [1.54, 1.807) is 0 Å². The first-order chi connectivity index (χ1) is 22.5. The molecule has 0 saturated carbocycles. The average Bonchev–Trinajstić information content (AvgIpc) is 3.06. The fourth-order valence-corrected chi connectivity index (χ4v) is 5.63. The molecule has 6 heteroatoms. The van der Waals surface area contributed by atoms with Crippen molar-refractivity contribution in [2.24, 2.45) is 0 Å². The van der Waals surface area contributed by atoms with Crippen LogP contribution in [0.2, 0.25) is 0 Å². The molecule has 262 valence electrons. The Balaban J connectivity index is 2.17. The molecule has 0 aliphatic rings. The van der Waals surface area contributed by atoms with Crippen LogP contribution in [0.4, 0.5) is 0 Å². The fourth-order valence-electron chi connectivity index (χ4n) is 5.63. The number of carboxylic acid groups (broad SMARTS) is 1. The maximum Gasteiger partial charge on any atom is 0.339 e. The van der Waals surface area contributed by atoms with E-state index in [1.807, 2.05) is 0 Å². The molecule has 0 aromatic heterocycles. The van der Waals surface area contributed by atoms with Gasteiger partial charge in [-0.05, 0) is 56.7 Å². The van der Waals surface area contributed by atoms with Gasteiger partial charge in [-0.3, -0.25) is 0 Å². The molecule has 0 saturated heterocycles. The Kier molecular flexibility index (Phi) is 26.8. The Morgan fingerprint density at radius 1 is 0.522 bits per heavy atom. The van der Waals surface area contributed by atoms with Gasteiger partial charge in [0.05, 0.1) is 29.9 Å². The molecule has 1 aromatic carbocycles. The molecule has 0 bridgehead atoms. The van der Waals surface area contributed by atoms with Crippen LogP contribution in [0, 0.1) is 0 Å². The third-order valence-electron chi connectivity index (χ3n) is 8.58. The first-order valence-electron chi connectivity index (χ1n) is 18.9. The topological polar surface area (TPSA) is 89.9 Å². The Hall–Kier alpha value is -2.63. The lowest BCUT2D eigenvalue weighted by molar-refractivity contribution is 0.0477. The zero-order chi connectivity index (χ0) is 33.5. The molecule has 0 heterocycles. The predicted molar refractivity (Wildman–Crippen MR) is 190 cm³/mol. The van der Waals surface area contributed by atoms with Gasteiger partial charge in [0.25, 0.3) is 0 Å². The predicted octanol–water partition coefficient (Wildman–Crippen LogP) is 12.0. The zero-order valence-electron chi connectivity index (χ0n) is 29.5. The number of carboxylic acids is 1. The SMILES string of the molecule is CCCCCCCC/C=C\CCCCCCCCOC(=O)c1ccc(C(=O)OCCCCCCCCCCCCC)cc1C(=O)O. The maximum absolute atomic E-state index is 12.6. The minimum absolute atomic E-state index is 0.0426. The number of hydrogen-bond acceptors (Lipinski definition) is 5. The van der Waals surface area contributed by atoms with Crippen LogP contribution in [0.1, 0.15) is 205 Å². The fraction of sp³-hybridized carbons (Fsp3) is 0.725. The van der Waals surface area contributed by atoms with Crippen molar-refractivity contribution in [3.05, 3.63) is 47.0 Å². The van der Waals surface area contributed by atoms with Gasteiger partial charge in [-0.15, -0.1) is 0 Å². The van der Waals surface area contributed by atoms with Crippen LogP contribution in [0.25, 0.3) is 0 Å². The van der Waals surface area contributed by atoms with Gasteiger partial charge in [-0.1, -0.05) is 148 Å². The van der Waals surface area contributed by atoms with Crippen LogP contribution < -0.4 is 0 Å². The van der Waals surface area contributed by atoms with E-state index in [1.165, 1.54) is 134 Å². The highest BCUT2D eigenvalue weighted by Gasteiger charge is 2.21. The lowest BCUT2D eigenvalue weighted by atomic mass is 10.0. The molecule has 46 heavy (non-hydrogen) atoms. The summed E-state index contributed by atoms with van der Waals surface area (Å²) in [4.78, 5) is 36.9. The largest absolute Gasteiger partial charge is 0.478 e. The van der Waals surface area contributed by atoms with Gasteiger partial charge in [0.15, 0.2) is 0 Å². The number of aromatic carboxylic acids is 1. The van der Waals surface area contributed by atoms with Crippen molar-refractivity contribution >= 4 is 17.9 Å². The van der Waals surface area contributed by atoms with E-state index in [0.29, 0.717) is 6.61 Å². The standard InChI is InChI=1S/C40H66O6/c1-3-5-7-9-11-13-15-16-17-18-19-21-23-25-27-29-33-46-40(44)36-31-30-35(34-37(36)38(41)42)39(43)45-32-28-26-24-22-20-14-12-10-8-6-4-2/h16-17,30-31,34H,3-15,18-29,32-33H2,1-2H3,(H,41,42)/b17-16-. The van der Waals surface area contributed by atoms with Crippen LogP contribution >= 0.6 is 0 Å². The van der Waals surface area contributed by atoms with E-state index in [2.05, 4.69) is 26.0 Å². The molecular formula is C40H66O6. The number of rotatable bonds is 31. The molecule has 0 unspecified atom stereocenters. The Morgan fingerprint density at radius 3 is 1.35 bits per heavy atom. The second kappa shape index (κ2) is 29.8. The number of unbranched alkanes of at least 4 members (excludes halogenated alkanes) is 22.